The number of benzene rings is 1. The molecule has 19 heavy (non-hydrogen) atoms. The van der Waals surface area contributed by atoms with Gasteiger partial charge in [-0.15, -0.1) is 5.10 Å². The molecule has 2 aromatic rings. The Bertz CT molecular complexity index is 616. The van der Waals surface area contributed by atoms with E-state index in [1.54, 1.807) is 16.3 Å². The Morgan fingerprint density at radius 2 is 2.21 bits per heavy atom. The number of hydrogen-bond acceptors (Lipinski definition) is 5. The van der Waals surface area contributed by atoms with E-state index >= 15 is 0 Å². The second-order valence-corrected chi connectivity index (χ2v) is 4.91. The predicted molar refractivity (Wildman–Crippen MR) is 71.3 cm³/mol. The molecule has 1 amide bonds. The first kappa shape index (κ1) is 12.0. The van der Waals surface area contributed by atoms with E-state index in [2.05, 4.69) is 9.59 Å². The number of carbonyl (C=O) groups is 1. The van der Waals surface area contributed by atoms with Gasteiger partial charge in [0, 0.05) is 25.5 Å². The van der Waals surface area contributed by atoms with Crippen molar-refractivity contribution < 1.29 is 9.18 Å². The average molecular weight is 278 g/mol. The van der Waals surface area contributed by atoms with Gasteiger partial charge in [-0.2, -0.15) is 0 Å². The summed E-state index contributed by atoms with van der Waals surface area (Å²) in [6, 6.07) is 4.42. The normalized spacial score (nSPS) is 14.4. The maximum absolute atomic E-state index is 13.3. The summed E-state index contributed by atoms with van der Waals surface area (Å²) in [6.07, 6.45) is 0. The van der Waals surface area contributed by atoms with E-state index in [1.165, 1.54) is 12.1 Å². The monoisotopic (exact) mass is 278 g/mol. The fraction of sp³-hybridized carbons (Fsp3) is 0.250. The van der Waals surface area contributed by atoms with Gasteiger partial charge in [-0.3, -0.25) is 4.79 Å². The van der Waals surface area contributed by atoms with Crippen LogP contribution in [0.1, 0.15) is 10.5 Å². The summed E-state index contributed by atoms with van der Waals surface area (Å²) in [7, 11) is 1.88. The van der Waals surface area contributed by atoms with E-state index in [-0.39, 0.29) is 11.7 Å². The lowest BCUT2D eigenvalue weighted by Crippen LogP contribution is -2.42. The van der Waals surface area contributed by atoms with Gasteiger partial charge in [-0.05, 0) is 29.7 Å². The lowest BCUT2D eigenvalue weighted by atomic mass is 10.1. The third-order valence-corrected chi connectivity index (χ3v) is 3.63. The van der Waals surface area contributed by atoms with Crippen molar-refractivity contribution in [1.82, 2.24) is 9.59 Å². The van der Waals surface area contributed by atoms with Crippen LogP contribution in [-0.2, 0) is 0 Å². The standard InChI is InChI=1S/C12H11FN4OS/c1-16-4-5-17(12(18)9-7-19-15-14-9)10-3-2-8(13)6-11(10)16/h2-3,6-7H,4-5H2,1H3. The highest BCUT2D eigenvalue weighted by molar-refractivity contribution is 7.03. The number of anilines is 2. The minimum Gasteiger partial charge on any atom is -0.371 e. The Morgan fingerprint density at radius 1 is 1.37 bits per heavy atom. The van der Waals surface area contributed by atoms with Crippen LogP contribution < -0.4 is 9.80 Å². The Kier molecular flexibility index (Phi) is 2.90. The SMILES string of the molecule is CN1CCN(C(=O)c2csnn2)c2ccc(F)cc21. The molecule has 0 atom stereocenters. The Balaban J connectivity index is 2.02. The highest BCUT2D eigenvalue weighted by Gasteiger charge is 2.27. The molecule has 0 unspecified atom stereocenters. The topological polar surface area (TPSA) is 49.3 Å². The van der Waals surface area contributed by atoms with Crippen LogP contribution in [-0.4, -0.2) is 35.6 Å². The van der Waals surface area contributed by atoms with Crippen molar-refractivity contribution in [1.29, 1.82) is 0 Å². The number of fused-ring (bicyclic) bond motifs is 1. The largest absolute Gasteiger partial charge is 0.371 e. The molecule has 7 heteroatoms. The first-order valence-corrected chi connectivity index (χ1v) is 6.60. The lowest BCUT2D eigenvalue weighted by Gasteiger charge is -2.35. The number of likely N-dealkylation sites (N-methyl/N-ethyl adjacent to an activating group) is 1. The van der Waals surface area contributed by atoms with Gasteiger partial charge in [0.05, 0.1) is 11.4 Å². The molecule has 98 valence electrons. The number of rotatable bonds is 1. The van der Waals surface area contributed by atoms with Gasteiger partial charge in [0.15, 0.2) is 5.69 Å². The highest BCUT2D eigenvalue weighted by Crippen LogP contribution is 2.33. The van der Waals surface area contributed by atoms with Crippen LogP contribution in [0.2, 0.25) is 0 Å². The zero-order valence-corrected chi connectivity index (χ0v) is 11.0. The fourth-order valence-electron chi connectivity index (χ4n) is 2.13. The summed E-state index contributed by atoms with van der Waals surface area (Å²) in [5.41, 5.74) is 1.74. The fourth-order valence-corrected chi connectivity index (χ4v) is 2.56. The highest BCUT2D eigenvalue weighted by atomic mass is 32.1. The summed E-state index contributed by atoms with van der Waals surface area (Å²) in [5.74, 6) is -0.509. The number of nitrogens with zero attached hydrogens (tertiary/aromatic N) is 4. The van der Waals surface area contributed by atoms with Gasteiger partial charge >= 0.3 is 0 Å². The van der Waals surface area contributed by atoms with E-state index in [0.29, 0.717) is 30.2 Å². The van der Waals surface area contributed by atoms with Crippen molar-refractivity contribution in [3.8, 4) is 0 Å². The van der Waals surface area contributed by atoms with Crippen molar-refractivity contribution in [2.24, 2.45) is 0 Å². The molecule has 0 fully saturated rings. The van der Waals surface area contributed by atoms with Crippen molar-refractivity contribution in [2.45, 2.75) is 0 Å². The predicted octanol–water partition coefficient (Wildman–Crippen LogP) is 1.77. The lowest BCUT2D eigenvalue weighted by molar-refractivity contribution is 0.0982. The second-order valence-electron chi connectivity index (χ2n) is 4.30. The first-order valence-electron chi connectivity index (χ1n) is 5.76. The van der Waals surface area contributed by atoms with Crippen molar-refractivity contribution in [2.75, 3.05) is 29.9 Å². The van der Waals surface area contributed by atoms with Crippen molar-refractivity contribution >= 4 is 28.8 Å². The zero-order valence-electron chi connectivity index (χ0n) is 10.2. The maximum Gasteiger partial charge on any atom is 0.279 e. The quantitative estimate of drug-likeness (QED) is 0.797. The Labute approximate surface area is 113 Å². The van der Waals surface area contributed by atoms with Crippen LogP contribution >= 0.6 is 11.5 Å². The molecule has 0 aliphatic carbocycles. The van der Waals surface area contributed by atoms with E-state index in [4.69, 9.17) is 0 Å². The van der Waals surface area contributed by atoms with E-state index < -0.39 is 0 Å². The summed E-state index contributed by atoms with van der Waals surface area (Å²) in [6.45, 7) is 1.20. The van der Waals surface area contributed by atoms with Crippen LogP contribution in [0.4, 0.5) is 15.8 Å². The molecular weight excluding hydrogens is 267 g/mol. The molecule has 1 aromatic carbocycles. The van der Waals surface area contributed by atoms with Gasteiger partial charge in [0.2, 0.25) is 0 Å². The van der Waals surface area contributed by atoms with Gasteiger partial charge in [-0.25, -0.2) is 4.39 Å². The number of aromatic nitrogens is 2. The van der Waals surface area contributed by atoms with E-state index in [0.717, 1.165) is 11.5 Å². The van der Waals surface area contributed by atoms with E-state index in [1.807, 2.05) is 11.9 Å². The Hall–Kier alpha value is -2.02. The summed E-state index contributed by atoms with van der Waals surface area (Å²) in [4.78, 5) is 15.9. The number of amides is 1. The molecule has 0 radical (unpaired) electrons. The summed E-state index contributed by atoms with van der Waals surface area (Å²) >= 11 is 1.14. The molecule has 1 aromatic heterocycles. The van der Waals surface area contributed by atoms with Gasteiger partial charge in [-0.1, -0.05) is 4.49 Å². The molecule has 0 N–H and O–H groups in total. The van der Waals surface area contributed by atoms with E-state index in [9.17, 15) is 9.18 Å². The van der Waals surface area contributed by atoms with Crippen molar-refractivity contribution in [3.63, 3.8) is 0 Å². The van der Waals surface area contributed by atoms with Crippen LogP contribution in [0.25, 0.3) is 0 Å². The van der Waals surface area contributed by atoms with Crippen LogP contribution in [0.3, 0.4) is 0 Å². The summed E-state index contributed by atoms with van der Waals surface area (Å²) < 4.78 is 17.0. The third kappa shape index (κ3) is 2.06. The average Bonchev–Trinajstić information content (AvgIpc) is 2.93. The van der Waals surface area contributed by atoms with Crippen LogP contribution in [0, 0.1) is 5.82 Å². The number of hydrogen-bond donors (Lipinski definition) is 0. The first-order chi connectivity index (χ1) is 9.16. The maximum atomic E-state index is 13.3. The molecule has 0 saturated carbocycles. The van der Waals surface area contributed by atoms with Gasteiger partial charge < -0.3 is 9.80 Å². The van der Waals surface area contributed by atoms with Crippen LogP contribution in [0.5, 0.6) is 0 Å². The Morgan fingerprint density at radius 3 is 2.95 bits per heavy atom. The molecular formula is C12H11FN4OS. The minimum atomic E-state index is -0.310. The molecule has 5 nitrogen and oxygen atoms in total. The minimum absolute atomic E-state index is 0.199. The van der Waals surface area contributed by atoms with Crippen molar-refractivity contribution in [3.05, 3.63) is 35.1 Å². The molecule has 2 heterocycles. The molecule has 3 rings (SSSR count). The molecule has 0 bridgehead atoms. The zero-order chi connectivity index (χ0) is 13.4. The van der Waals surface area contributed by atoms with Crippen LogP contribution in [0.15, 0.2) is 23.6 Å². The molecule has 1 aliphatic rings. The van der Waals surface area contributed by atoms with Gasteiger partial charge in [0.25, 0.3) is 5.91 Å². The number of carbonyl (C=O) groups excluding carboxylic acids is 1. The second kappa shape index (κ2) is 4.58. The molecule has 0 spiro atoms. The molecule has 0 saturated heterocycles. The third-order valence-electron chi connectivity index (χ3n) is 3.12. The van der Waals surface area contributed by atoms with Gasteiger partial charge in [0.1, 0.15) is 5.82 Å². The molecule has 1 aliphatic heterocycles. The summed E-state index contributed by atoms with van der Waals surface area (Å²) in [5, 5.41) is 5.41. The smallest absolute Gasteiger partial charge is 0.279 e. The number of halogens is 1.